The van der Waals surface area contributed by atoms with Gasteiger partial charge in [0.15, 0.2) is 6.10 Å². The molecular formula is C73H134O6. The van der Waals surface area contributed by atoms with Crippen molar-refractivity contribution in [3.63, 3.8) is 0 Å². The molecule has 0 amide bonds. The van der Waals surface area contributed by atoms with Crippen LogP contribution in [0.4, 0.5) is 0 Å². The standard InChI is InChI=1S/C73H134O6/c1-4-7-10-13-16-19-22-24-26-28-30-31-32-33-34-35-36-37-38-39-40-41-43-44-46-48-51-54-57-60-63-66-72(75)78-69-70(68-77-71(74)65-62-59-56-53-50-21-18-15-12-9-6-3)79-73(76)67-64-61-58-55-52-49-47-45-42-29-27-25-23-20-17-14-11-8-5-2/h17,20,22,24-25,27-28,30,70H,4-16,18-19,21,23,26,29,31-69H2,1-3H3/b20-17-,24-22-,27-25-,30-28-. The van der Waals surface area contributed by atoms with Gasteiger partial charge in [0.2, 0.25) is 0 Å². The van der Waals surface area contributed by atoms with Crippen molar-refractivity contribution in [1.82, 2.24) is 0 Å². The van der Waals surface area contributed by atoms with Crippen LogP contribution in [0.2, 0.25) is 0 Å². The number of rotatable bonds is 65. The molecule has 0 saturated heterocycles. The predicted octanol–water partition coefficient (Wildman–Crippen LogP) is 24.1. The maximum absolute atomic E-state index is 12.9. The molecule has 0 aliphatic heterocycles. The van der Waals surface area contributed by atoms with Crippen molar-refractivity contribution in [2.75, 3.05) is 13.2 Å². The molecule has 0 aromatic heterocycles. The third-order valence-corrected chi connectivity index (χ3v) is 15.8. The quantitative estimate of drug-likeness (QED) is 0.0261. The molecule has 79 heavy (non-hydrogen) atoms. The fraction of sp³-hybridized carbons (Fsp3) is 0.849. The van der Waals surface area contributed by atoms with Gasteiger partial charge in [-0.3, -0.25) is 14.4 Å². The van der Waals surface area contributed by atoms with Crippen LogP contribution in [0.3, 0.4) is 0 Å². The van der Waals surface area contributed by atoms with Crippen LogP contribution in [-0.2, 0) is 28.6 Å². The molecule has 6 heteroatoms. The van der Waals surface area contributed by atoms with Gasteiger partial charge in [-0.05, 0) is 83.5 Å². The van der Waals surface area contributed by atoms with Crippen LogP contribution in [0.1, 0.15) is 380 Å². The molecule has 0 fully saturated rings. The molecule has 1 unspecified atom stereocenters. The van der Waals surface area contributed by atoms with Crippen molar-refractivity contribution in [3.8, 4) is 0 Å². The number of carbonyl (C=O) groups is 3. The Hall–Kier alpha value is -2.63. The Morgan fingerprint density at radius 3 is 0.722 bits per heavy atom. The van der Waals surface area contributed by atoms with Gasteiger partial charge in [0.05, 0.1) is 0 Å². The molecule has 0 rings (SSSR count). The Balaban J connectivity index is 4.13. The Morgan fingerprint density at radius 1 is 0.253 bits per heavy atom. The number of allylic oxidation sites excluding steroid dienone is 8. The van der Waals surface area contributed by atoms with Gasteiger partial charge in [-0.1, -0.05) is 326 Å². The molecule has 0 aromatic rings. The molecule has 0 bridgehead atoms. The van der Waals surface area contributed by atoms with E-state index in [-0.39, 0.29) is 31.1 Å². The average Bonchev–Trinajstić information content (AvgIpc) is 3.45. The van der Waals surface area contributed by atoms with Crippen LogP contribution >= 0.6 is 0 Å². The monoisotopic (exact) mass is 1110 g/mol. The smallest absolute Gasteiger partial charge is 0.306 e. The summed E-state index contributed by atoms with van der Waals surface area (Å²) in [6.07, 6.45) is 85.8. The van der Waals surface area contributed by atoms with Crippen molar-refractivity contribution < 1.29 is 28.6 Å². The second kappa shape index (κ2) is 67.9. The van der Waals surface area contributed by atoms with Gasteiger partial charge in [0.1, 0.15) is 13.2 Å². The summed E-state index contributed by atoms with van der Waals surface area (Å²) >= 11 is 0. The molecular weight excluding hydrogens is 973 g/mol. The summed E-state index contributed by atoms with van der Waals surface area (Å²) in [6, 6.07) is 0. The van der Waals surface area contributed by atoms with E-state index >= 15 is 0 Å². The van der Waals surface area contributed by atoms with Gasteiger partial charge in [-0.2, -0.15) is 0 Å². The summed E-state index contributed by atoms with van der Waals surface area (Å²) in [6.45, 7) is 6.65. The molecule has 6 nitrogen and oxygen atoms in total. The first-order chi connectivity index (χ1) is 39.0. The van der Waals surface area contributed by atoms with Gasteiger partial charge in [0.25, 0.3) is 0 Å². The highest BCUT2D eigenvalue weighted by Crippen LogP contribution is 2.18. The largest absolute Gasteiger partial charge is 0.462 e. The number of unbranched alkanes of at least 4 members (excludes halogenated alkanes) is 46. The lowest BCUT2D eigenvalue weighted by Gasteiger charge is -2.18. The number of hydrogen-bond donors (Lipinski definition) is 0. The minimum absolute atomic E-state index is 0.0695. The Labute approximate surface area is 492 Å². The predicted molar refractivity (Wildman–Crippen MR) is 344 cm³/mol. The highest BCUT2D eigenvalue weighted by Gasteiger charge is 2.19. The Morgan fingerprint density at radius 2 is 0.456 bits per heavy atom. The number of esters is 3. The molecule has 0 aliphatic rings. The van der Waals surface area contributed by atoms with Crippen LogP contribution < -0.4 is 0 Å². The molecule has 0 heterocycles. The van der Waals surface area contributed by atoms with Gasteiger partial charge in [0, 0.05) is 19.3 Å². The van der Waals surface area contributed by atoms with Crippen LogP contribution in [0.5, 0.6) is 0 Å². The van der Waals surface area contributed by atoms with Crippen LogP contribution in [-0.4, -0.2) is 37.2 Å². The van der Waals surface area contributed by atoms with Crippen molar-refractivity contribution >= 4 is 17.9 Å². The zero-order chi connectivity index (χ0) is 57.1. The third kappa shape index (κ3) is 66.1. The topological polar surface area (TPSA) is 78.9 Å². The summed E-state index contributed by atoms with van der Waals surface area (Å²) in [4.78, 5) is 38.3. The minimum Gasteiger partial charge on any atom is -0.462 e. The molecule has 0 saturated carbocycles. The second-order valence-corrected chi connectivity index (χ2v) is 23.8. The molecule has 1 atom stereocenters. The normalized spacial score (nSPS) is 12.3. The van der Waals surface area contributed by atoms with Crippen molar-refractivity contribution in [2.45, 2.75) is 386 Å². The molecule has 0 radical (unpaired) electrons. The van der Waals surface area contributed by atoms with E-state index in [1.165, 1.54) is 270 Å². The van der Waals surface area contributed by atoms with Crippen LogP contribution in [0.25, 0.3) is 0 Å². The molecule has 0 N–H and O–H groups in total. The number of carbonyl (C=O) groups excluding carboxylic acids is 3. The fourth-order valence-electron chi connectivity index (χ4n) is 10.5. The van der Waals surface area contributed by atoms with E-state index in [1.54, 1.807) is 0 Å². The van der Waals surface area contributed by atoms with E-state index in [2.05, 4.69) is 69.4 Å². The summed E-state index contributed by atoms with van der Waals surface area (Å²) < 4.78 is 17.0. The summed E-state index contributed by atoms with van der Waals surface area (Å²) in [5, 5.41) is 0. The zero-order valence-electron chi connectivity index (χ0n) is 53.2. The first-order valence-electron chi connectivity index (χ1n) is 35.1. The second-order valence-electron chi connectivity index (χ2n) is 23.8. The van der Waals surface area contributed by atoms with Gasteiger partial charge < -0.3 is 14.2 Å². The third-order valence-electron chi connectivity index (χ3n) is 15.8. The maximum Gasteiger partial charge on any atom is 0.306 e. The van der Waals surface area contributed by atoms with E-state index in [0.29, 0.717) is 19.3 Å². The van der Waals surface area contributed by atoms with Crippen molar-refractivity contribution in [1.29, 1.82) is 0 Å². The van der Waals surface area contributed by atoms with E-state index in [4.69, 9.17) is 14.2 Å². The molecule has 0 aromatic carbocycles. The summed E-state index contributed by atoms with van der Waals surface area (Å²) in [5.74, 6) is -0.850. The molecule has 0 spiro atoms. The minimum atomic E-state index is -0.772. The van der Waals surface area contributed by atoms with Crippen molar-refractivity contribution in [3.05, 3.63) is 48.6 Å². The Bertz CT molecular complexity index is 1360. The van der Waals surface area contributed by atoms with Crippen LogP contribution in [0.15, 0.2) is 48.6 Å². The molecule has 462 valence electrons. The zero-order valence-corrected chi connectivity index (χ0v) is 53.2. The lowest BCUT2D eigenvalue weighted by Crippen LogP contribution is -2.30. The lowest BCUT2D eigenvalue weighted by atomic mass is 10.0. The highest BCUT2D eigenvalue weighted by atomic mass is 16.6. The van der Waals surface area contributed by atoms with E-state index in [1.807, 2.05) is 0 Å². The number of ether oxygens (including phenoxy) is 3. The highest BCUT2D eigenvalue weighted by molar-refractivity contribution is 5.71. The maximum atomic E-state index is 12.9. The van der Waals surface area contributed by atoms with E-state index in [0.717, 1.165) is 70.6 Å². The number of hydrogen-bond acceptors (Lipinski definition) is 6. The average molecular weight is 1110 g/mol. The van der Waals surface area contributed by atoms with Gasteiger partial charge in [-0.25, -0.2) is 0 Å². The van der Waals surface area contributed by atoms with Gasteiger partial charge >= 0.3 is 17.9 Å². The summed E-state index contributed by atoms with van der Waals surface area (Å²) in [7, 11) is 0. The first-order valence-corrected chi connectivity index (χ1v) is 35.1. The first kappa shape index (κ1) is 76.4. The SMILES string of the molecule is CCCCC/C=C\C/C=C\CCCCCCCCCCCC(=O)OC(COC(=O)CCCCCCCCCCCCC)COC(=O)CCCCCCCCCCCCCCCCCCCCC/C=C\C/C=C\CCCCCCC. The van der Waals surface area contributed by atoms with E-state index in [9.17, 15) is 14.4 Å². The van der Waals surface area contributed by atoms with Gasteiger partial charge in [-0.15, -0.1) is 0 Å². The van der Waals surface area contributed by atoms with Crippen LogP contribution in [0, 0.1) is 0 Å². The van der Waals surface area contributed by atoms with E-state index < -0.39 is 6.10 Å². The lowest BCUT2D eigenvalue weighted by molar-refractivity contribution is -0.167. The van der Waals surface area contributed by atoms with Crippen molar-refractivity contribution in [2.24, 2.45) is 0 Å². The Kier molecular flexibility index (Phi) is 65.6. The molecule has 0 aliphatic carbocycles. The summed E-state index contributed by atoms with van der Waals surface area (Å²) in [5.41, 5.74) is 0. The fourth-order valence-corrected chi connectivity index (χ4v) is 10.5.